The van der Waals surface area contributed by atoms with Crippen molar-refractivity contribution >= 4 is 12.1 Å². The molecule has 5 heteroatoms. The van der Waals surface area contributed by atoms with Gasteiger partial charge < -0.3 is 4.90 Å². The van der Waals surface area contributed by atoms with E-state index in [2.05, 4.69) is 34.0 Å². The molecule has 0 aliphatic carbocycles. The van der Waals surface area contributed by atoms with Crippen molar-refractivity contribution in [3.8, 4) is 11.8 Å². The van der Waals surface area contributed by atoms with E-state index in [1.807, 2.05) is 23.1 Å². The molecule has 0 radical (unpaired) electrons. The summed E-state index contributed by atoms with van der Waals surface area (Å²) in [5.74, 6) is 4.63. The van der Waals surface area contributed by atoms with Crippen LogP contribution in [0.2, 0.25) is 0 Å². The zero-order valence-electron chi connectivity index (χ0n) is 14.6. The lowest BCUT2D eigenvalue weighted by Gasteiger charge is -2.22. The molecule has 0 bridgehead atoms. The van der Waals surface area contributed by atoms with E-state index in [0.29, 0.717) is 31.5 Å². The summed E-state index contributed by atoms with van der Waals surface area (Å²) in [6.45, 7) is 1.03. The van der Waals surface area contributed by atoms with Crippen molar-refractivity contribution in [3.63, 3.8) is 0 Å². The smallest absolute Gasteiger partial charge is 0.159 e. The molecule has 0 saturated carbocycles. The zero-order chi connectivity index (χ0) is 18.6. The maximum absolute atomic E-state index is 13.4. The summed E-state index contributed by atoms with van der Waals surface area (Å²) >= 11 is 0. The minimum absolute atomic E-state index is 0.446. The first-order chi connectivity index (χ1) is 13.2. The summed E-state index contributed by atoms with van der Waals surface area (Å²) in [5, 5.41) is 0. The van der Waals surface area contributed by atoms with E-state index >= 15 is 0 Å². The van der Waals surface area contributed by atoms with Gasteiger partial charge in [-0.15, -0.1) is 0 Å². The van der Waals surface area contributed by atoms with Gasteiger partial charge in [-0.1, -0.05) is 48.2 Å². The molecule has 0 aromatic heterocycles. The molecule has 0 N–H and O–H groups in total. The molecule has 0 amide bonds. The number of aliphatic imine (C=N–C) groups is 2. The first-order valence-electron chi connectivity index (χ1n) is 8.72. The number of allylic oxidation sites excluding steroid dienone is 1. The molecule has 0 saturated heterocycles. The first-order valence-corrected chi connectivity index (χ1v) is 8.72. The predicted octanol–water partition coefficient (Wildman–Crippen LogP) is 4.11. The first kappa shape index (κ1) is 17.2. The van der Waals surface area contributed by atoms with Gasteiger partial charge in [-0.2, -0.15) is 0 Å². The fourth-order valence-electron chi connectivity index (χ4n) is 3.04. The molecule has 3 nitrogen and oxygen atoms in total. The quantitative estimate of drug-likeness (QED) is 0.756. The minimum atomic E-state index is -0.838. The van der Waals surface area contributed by atoms with Gasteiger partial charge in [0, 0.05) is 19.4 Å². The Balaban J connectivity index is 1.38. The molecule has 2 aliphatic rings. The number of benzene rings is 2. The van der Waals surface area contributed by atoms with Crippen molar-refractivity contribution in [2.75, 3.05) is 6.54 Å². The Morgan fingerprint density at radius 3 is 2.63 bits per heavy atom. The van der Waals surface area contributed by atoms with E-state index in [9.17, 15) is 8.78 Å². The monoisotopic (exact) mass is 361 g/mol. The molecule has 4 rings (SSSR count). The standard InChI is InChI=1S/C22H17F2N3/c23-19-10-9-17(11-20(19)24)13-27-14-22-21(25-15-27)12-18(26-22)8-4-7-16-5-2-1-3-6-16/h1-3,5-6,9-11,15H,7,12-14H2. The van der Waals surface area contributed by atoms with Crippen LogP contribution in [0.15, 0.2) is 69.9 Å². The summed E-state index contributed by atoms with van der Waals surface area (Å²) in [7, 11) is 0. The van der Waals surface area contributed by atoms with Crippen LogP contribution in [0.4, 0.5) is 8.78 Å². The Morgan fingerprint density at radius 1 is 0.963 bits per heavy atom. The van der Waals surface area contributed by atoms with Crippen LogP contribution in [0.25, 0.3) is 0 Å². The van der Waals surface area contributed by atoms with Crippen molar-refractivity contribution in [3.05, 3.63) is 82.7 Å². The number of rotatable bonds is 3. The molecule has 0 unspecified atom stereocenters. The summed E-state index contributed by atoms with van der Waals surface area (Å²) in [6.07, 6.45) is 3.07. The van der Waals surface area contributed by atoms with Crippen LogP contribution in [-0.4, -0.2) is 23.5 Å². The van der Waals surface area contributed by atoms with Crippen LogP contribution in [0.1, 0.15) is 17.5 Å². The lowest BCUT2D eigenvalue weighted by atomic mass is 10.1. The Labute approximate surface area is 156 Å². The van der Waals surface area contributed by atoms with Crippen LogP contribution >= 0.6 is 0 Å². The van der Waals surface area contributed by atoms with Gasteiger partial charge in [-0.05, 0) is 23.3 Å². The topological polar surface area (TPSA) is 28.0 Å². The van der Waals surface area contributed by atoms with Crippen molar-refractivity contribution in [2.24, 2.45) is 9.98 Å². The fourth-order valence-corrected chi connectivity index (χ4v) is 3.04. The molecule has 0 spiro atoms. The molecule has 0 fully saturated rings. The summed E-state index contributed by atoms with van der Waals surface area (Å²) in [5.41, 5.74) is 4.51. The Morgan fingerprint density at radius 2 is 1.81 bits per heavy atom. The van der Waals surface area contributed by atoms with Gasteiger partial charge in [0.1, 0.15) is 0 Å². The van der Waals surface area contributed by atoms with Crippen LogP contribution in [0.5, 0.6) is 0 Å². The molecule has 0 atom stereocenters. The van der Waals surface area contributed by atoms with Crippen LogP contribution in [0, 0.1) is 23.5 Å². The fraction of sp³-hybridized carbons (Fsp3) is 0.182. The molecular formula is C22H17F2N3. The van der Waals surface area contributed by atoms with E-state index in [1.54, 1.807) is 12.4 Å². The average molecular weight is 361 g/mol. The summed E-state index contributed by atoms with van der Waals surface area (Å²) in [6, 6.07) is 14.0. The van der Waals surface area contributed by atoms with Crippen LogP contribution in [0.3, 0.4) is 0 Å². The highest BCUT2D eigenvalue weighted by atomic mass is 19.2. The molecule has 2 aromatic carbocycles. The van der Waals surface area contributed by atoms with Gasteiger partial charge in [0.15, 0.2) is 11.6 Å². The second kappa shape index (κ2) is 7.55. The average Bonchev–Trinajstić information content (AvgIpc) is 3.08. The third-order valence-corrected chi connectivity index (χ3v) is 4.41. The predicted molar refractivity (Wildman–Crippen MR) is 102 cm³/mol. The highest BCUT2D eigenvalue weighted by molar-refractivity contribution is 6.04. The molecule has 134 valence electrons. The van der Waals surface area contributed by atoms with Crippen molar-refractivity contribution in [2.45, 2.75) is 19.4 Å². The van der Waals surface area contributed by atoms with Gasteiger partial charge in [0.05, 0.1) is 30.0 Å². The maximum atomic E-state index is 13.4. The van der Waals surface area contributed by atoms with E-state index in [4.69, 9.17) is 0 Å². The van der Waals surface area contributed by atoms with E-state index < -0.39 is 11.6 Å². The van der Waals surface area contributed by atoms with Gasteiger partial charge >= 0.3 is 0 Å². The van der Waals surface area contributed by atoms with E-state index in [0.717, 1.165) is 23.2 Å². The highest BCUT2D eigenvalue weighted by Gasteiger charge is 2.21. The molecule has 2 aliphatic heterocycles. The normalized spacial score (nSPS) is 15.3. The summed E-state index contributed by atoms with van der Waals surface area (Å²) in [4.78, 5) is 11.0. The lowest BCUT2D eigenvalue weighted by Crippen LogP contribution is -2.26. The summed E-state index contributed by atoms with van der Waals surface area (Å²) < 4.78 is 26.4. The Kier molecular flexibility index (Phi) is 4.80. The largest absolute Gasteiger partial charge is 0.352 e. The van der Waals surface area contributed by atoms with Crippen molar-refractivity contribution in [1.82, 2.24) is 4.90 Å². The van der Waals surface area contributed by atoms with Gasteiger partial charge in [-0.3, -0.25) is 0 Å². The number of nitrogens with zero attached hydrogens (tertiary/aromatic N) is 3. The highest BCUT2D eigenvalue weighted by Crippen LogP contribution is 2.25. The molecule has 2 heterocycles. The second-order valence-electron chi connectivity index (χ2n) is 6.49. The molecule has 2 aromatic rings. The van der Waals surface area contributed by atoms with Gasteiger partial charge in [0.25, 0.3) is 0 Å². The Hall–Kier alpha value is -3.26. The van der Waals surface area contributed by atoms with Crippen LogP contribution in [-0.2, 0) is 13.0 Å². The van der Waals surface area contributed by atoms with Crippen LogP contribution < -0.4 is 0 Å². The zero-order valence-corrected chi connectivity index (χ0v) is 14.6. The van der Waals surface area contributed by atoms with Crippen molar-refractivity contribution < 1.29 is 8.78 Å². The van der Waals surface area contributed by atoms with E-state index in [-0.39, 0.29) is 0 Å². The third-order valence-electron chi connectivity index (χ3n) is 4.41. The van der Waals surface area contributed by atoms with Gasteiger partial charge in [-0.25, -0.2) is 18.8 Å². The SMILES string of the molecule is Fc1ccc(CN2C=NC3=C(C2)N=C(C#CCc2ccccc2)C3)cc1F. The third kappa shape index (κ3) is 4.12. The maximum Gasteiger partial charge on any atom is 0.159 e. The number of halogens is 2. The minimum Gasteiger partial charge on any atom is -0.352 e. The number of hydrogen-bond donors (Lipinski definition) is 0. The second-order valence-corrected chi connectivity index (χ2v) is 6.49. The van der Waals surface area contributed by atoms with E-state index in [1.165, 1.54) is 11.6 Å². The Bertz CT molecular complexity index is 1010. The molecule has 27 heavy (non-hydrogen) atoms. The number of hydrogen-bond acceptors (Lipinski definition) is 3. The lowest BCUT2D eigenvalue weighted by molar-refractivity contribution is 0.445. The van der Waals surface area contributed by atoms with Crippen molar-refractivity contribution in [1.29, 1.82) is 0 Å². The van der Waals surface area contributed by atoms with Gasteiger partial charge in [0.2, 0.25) is 0 Å². The molecular weight excluding hydrogens is 344 g/mol.